The van der Waals surface area contributed by atoms with E-state index in [0.717, 1.165) is 0 Å². The average molecular weight is 115 g/mol. The Kier molecular flexibility index (Phi) is 4.23. The Morgan fingerprint density at radius 3 is 2.62 bits per heavy atom. The van der Waals surface area contributed by atoms with Crippen molar-refractivity contribution in [2.24, 2.45) is 0 Å². The van der Waals surface area contributed by atoms with Crippen molar-refractivity contribution in [1.82, 2.24) is 0 Å². The van der Waals surface area contributed by atoms with Crippen molar-refractivity contribution in [1.29, 1.82) is 5.26 Å². The molecule has 8 heavy (non-hydrogen) atoms. The summed E-state index contributed by atoms with van der Waals surface area (Å²) in [6.07, 6.45) is -0.237. The van der Waals surface area contributed by atoms with Gasteiger partial charge >= 0.3 is 0 Å². The van der Waals surface area contributed by atoms with Crippen LogP contribution >= 0.6 is 0 Å². The Hall–Kier alpha value is -0.590. The quantitative estimate of drug-likeness (QED) is 0.528. The SMILES string of the molecule is N#CCC(O)CCO. The minimum absolute atomic E-state index is 0.0527. The molecule has 0 heterocycles. The van der Waals surface area contributed by atoms with E-state index in [2.05, 4.69) is 0 Å². The van der Waals surface area contributed by atoms with Crippen LogP contribution in [-0.4, -0.2) is 22.9 Å². The Bertz CT molecular complexity index is 86.9. The number of hydrogen-bond donors (Lipinski definition) is 2. The van der Waals surface area contributed by atoms with Crippen LogP contribution < -0.4 is 0 Å². The van der Waals surface area contributed by atoms with Crippen LogP contribution in [0.25, 0.3) is 0 Å². The Labute approximate surface area is 48.2 Å². The zero-order valence-electron chi connectivity index (χ0n) is 4.54. The number of nitriles is 1. The zero-order valence-corrected chi connectivity index (χ0v) is 4.54. The van der Waals surface area contributed by atoms with Crippen LogP contribution in [0.1, 0.15) is 12.8 Å². The summed E-state index contributed by atoms with van der Waals surface area (Å²) in [6, 6.07) is 1.79. The molecule has 46 valence electrons. The molecule has 0 rings (SSSR count). The summed E-state index contributed by atoms with van der Waals surface area (Å²) in [5.41, 5.74) is 0. The molecule has 0 fully saturated rings. The lowest BCUT2D eigenvalue weighted by molar-refractivity contribution is 0.137. The maximum absolute atomic E-state index is 8.67. The van der Waals surface area contributed by atoms with Gasteiger partial charge in [-0.1, -0.05) is 0 Å². The third-order valence-corrected chi connectivity index (χ3v) is 0.789. The number of aliphatic hydroxyl groups excluding tert-OH is 2. The Balaban J connectivity index is 3.08. The predicted octanol–water partition coefficient (Wildman–Crippen LogP) is -0.357. The van der Waals surface area contributed by atoms with Crippen LogP contribution in [0.3, 0.4) is 0 Å². The lowest BCUT2D eigenvalue weighted by atomic mass is 10.2. The Morgan fingerprint density at radius 1 is 1.62 bits per heavy atom. The molecule has 0 aromatic rings. The summed E-state index contributed by atoms with van der Waals surface area (Å²) in [6.45, 7) is -0.0527. The summed E-state index contributed by atoms with van der Waals surface area (Å²) in [4.78, 5) is 0. The van der Waals surface area contributed by atoms with Crippen LogP contribution in [0.5, 0.6) is 0 Å². The number of hydrogen-bond acceptors (Lipinski definition) is 3. The van der Waals surface area contributed by atoms with Gasteiger partial charge in [0.2, 0.25) is 0 Å². The highest BCUT2D eigenvalue weighted by Crippen LogP contribution is 1.93. The van der Waals surface area contributed by atoms with Crippen molar-refractivity contribution in [3.05, 3.63) is 0 Å². The van der Waals surface area contributed by atoms with Crippen molar-refractivity contribution >= 4 is 0 Å². The molecule has 0 saturated carbocycles. The van der Waals surface area contributed by atoms with Gasteiger partial charge in [-0.3, -0.25) is 0 Å². The van der Waals surface area contributed by atoms with E-state index >= 15 is 0 Å². The summed E-state index contributed by atoms with van der Waals surface area (Å²) < 4.78 is 0. The fourth-order valence-electron chi connectivity index (χ4n) is 0.356. The van der Waals surface area contributed by atoms with Crippen LogP contribution in [0, 0.1) is 11.3 Å². The van der Waals surface area contributed by atoms with Gasteiger partial charge in [-0.05, 0) is 6.42 Å². The molecule has 0 aromatic carbocycles. The van der Waals surface area contributed by atoms with E-state index < -0.39 is 6.10 Å². The second kappa shape index (κ2) is 4.57. The van der Waals surface area contributed by atoms with E-state index in [1.54, 1.807) is 6.07 Å². The average Bonchev–Trinajstić information content (AvgIpc) is 1.68. The highest BCUT2D eigenvalue weighted by atomic mass is 16.3. The summed E-state index contributed by atoms with van der Waals surface area (Å²) in [5.74, 6) is 0. The minimum Gasteiger partial charge on any atom is -0.396 e. The van der Waals surface area contributed by atoms with Crippen LogP contribution in [0.4, 0.5) is 0 Å². The lowest BCUT2D eigenvalue weighted by Gasteiger charge is -1.99. The third-order valence-electron chi connectivity index (χ3n) is 0.789. The van der Waals surface area contributed by atoms with E-state index in [4.69, 9.17) is 15.5 Å². The van der Waals surface area contributed by atoms with Gasteiger partial charge in [0.1, 0.15) is 0 Å². The van der Waals surface area contributed by atoms with Crippen molar-refractivity contribution in [2.45, 2.75) is 18.9 Å². The Morgan fingerprint density at radius 2 is 2.25 bits per heavy atom. The maximum atomic E-state index is 8.67. The molecule has 3 nitrogen and oxygen atoms in total. The van der Waals surface area contributed by atoms with Gasteiger partial charge in [0.05, 0.1) is 18.6 Å². The second-order valence-electron chi connectivity index (χ2n) is 1.53. The summed E-state index contributed by atoms with van der Waals surface area (Å²) >= 11 is 0. The molecule has 0 aliphatic rings. The fraction of sp³-hybridized carbons (Fsp3) is 0.800. The molecule has 0 bridgehead atoms. The first-order valence-electron chi connectivity index (χ1n) is 2.47. The molecule has 0 amide bonds. The standard InChI is InChI=1S/C5H9NO2/c6-3-1-5(8)2-4-7/h5,7-8H,1-2,4H2. The van der Waals surface area contributed by atoms with Crippen molar-refractivity contribution in [3.8, 4) is 6.07 Å². The van der Waals surface area contributed by atoms with Gasteiger partial charge in [-0.25, -0.2) is 0 Å². The largest absolute Gasteiger partial charge is 0.396 e. The van der Waals surface area contributed by atoms with Gasteiger partial charge in [0, 0.05) is 6.61 Å². The summed E-state index contributed by atoms with van der Waals surface area (Å²) in [5, 5.41) is 24.8. The normalized spacial score (nSPS) is 12.6. The van der Waals surface area contributed by atoms with E-state index in [9.17, 15) is 0 Å². The van der Waals surface area contributed by atoms with Gasteiger partial charge in [0.25, 0.3) is 0 Å². The number of aliphatic hydroxyl groups is 2. The number of nitrogens with zero attached hydrogens (tertiary/aromatic N) is 1. The lowest BCUT2D eigenvalue weighted by Crippen LogP contribution is -2.06. The van der Waals surface area contributed by atoms with E-state index in [1.807, 2.05) is 0 Å². The first-order valence-corrected chi connectivity index (χ1v) is 2.47. The first-order chi connectivity index (χ1) is 3.81. The van der Waals surface area contributed by atoms with Crippen molar-refractivity contribution < 1.29 is 10.2 Å². The molecule has 3 heteroatoms. The van der Waals surface area contributed by atoms with Crippen molar-refractivity contribution in [3.63, 3.8) is 0 Å². The molecule has 0 aliphatic heterocycles. The van der Waals surface area contributed by atoms with E-state index in [0.29, 0.717) is 6.42 Å². The monoisotopic (exact) mass is 115 g/mol. The molecule has 0 aromatic heterocycles. The van der Waals surface area contributed by atoms with Gasteiger partial charge in [0.15, 0.2) is 0 Å². The maximum Gasteiger partial charge on any atom is 0.0691 e. The molecule has 0 saturated heterocycles. The molecule has 0 spiro atoms. The smallest absolute Gasteiger partial charge is 0.0691 e. The predicted molar refractivity (Wildman–Crippen MR) is 27.9 cm³/mol. The molecular weight excluding hydrogens is 106 g/mol. The molecule has 1 atom stereocenters. The van der Waals surface area contributed by atoms with Gasteiger partial charge in [-0.15, -0.1) is 0 Å². The molecule has 1 unspecified atom stereocenters. The van der Waals surface area contributed by atoms with Gasteiger partial charge < -0.3 is 10.2 Å². The highest BCUT2D eigenvalue weighted by Gasteiger charge is 1.99. The molecule has 0 radical (unpaired) electrons. The minimum atomic E-state index is -0.648. The fourth-order valence-corrected chi connectivity index (χ4v) is 0.356. The number of rotatable bonds is 3. The highest BCUT2D eigenvalue weighted by molar-refractivity contribution is 4.74. The van der Waals surface area contributed by atoms with E-state index in [1.165, 1.54) is 0 Å². The first kappa shape index (κ1) is 7.41. The molecule has 2 N–H and O–H groups in total. The second-order valence-corrected chi connectivity index (χ2v) is 1.53. The van der Waals surface area contributed by atoms with Crippen molar-refractivity contribution in [2.75, 3.05) is 6.61 Å². The zero-order chi connectivity index (χ0) is 6.41. The third kappa shape index (κ3) is 3.59. The molecular formula is C5H9NO2. The van der Waals surface area contributed by atoms with Crippen LogP contribution in [0.15, 0.2) is 0 Å². The van der Waals surface area contributed by atoms with Crippen LogP contribution in [0.2, 0.25) is 0 Å². The molecule has 0 aliphatic carbocycles. The van der Waals surface area contributed by atoms with E-state index in [-0.39, 0.29) is 13.0 Å². The topological polar surface area (TPSA) is 64.2 Å². The summed E-state index contributed by atoms with van der Waals surface area (Å²) in [7, 11) is 0. The van der Waals surface area contributed by atoms with Crippen LogP contribution in [-0.2, 0) is 0 Å². The van der Waals surface area contributed by atoms with Gasteiger partial charge in [-0.2, -0.15) is 5.26 Å².